The van der Waals surface area contributed by atoms with Gasteiger partial charge in [0.25, 0.3) is 0 Å². The number of hydrogen-bond donors (Lipinski definition) is 2. The molecule has 4 heteroatoms. The Morgan fingerprint density at radius 3 is 2.29 bits per heavy atom. The molecule has 0 aromatic heterocycles. The summed E-state index contributed by atoms with van der Waals surface area (Å²) < 4.78 is 0. The van der Waals surface area contributed by atoms with E-state index < -0.39 is 5.97 Å². The number of carboxylic acids is 1. The van der Waals surface area contributed by atoms with Gasteiger partial charge in [0.2, 0.25) is 0 Å². The van der Waals surface area contributed by atoms with Gasteiger partial charge in [-0.3, -0.25) is 9.59 Å². The maximum absolute atomic E-state index is 11.4. The minimum atomic E-state index is -0.873. The van der Waals surface area contributed by atoms with Gasteiger partial charge in [-0.2, -0.15) is 0 Å². The Kier molecular flexibility index (Phi) is 14.4. The van der Waals surface area contributed by atoms with E-state index >= 15 is 0 Å². The number of carbonyl (C=O) groups excluding carboxylic acids is 1. The molecule has 0 amide bonds. The normalized spacial score (nSPS) is 12.6. The van der Waals surface area contributed by atoms with E-state index in [1.54, 1.807) is 12.2 Å². The number of carboxylic acid groups (broad SMARTS) is 1. The smallest absolute Gasteiger partial charge is 0.303 e. The lowest BCUT2D eigenvalue weighted by Crippen LogP contribution is -1.97. The van der Waals surface area contributed by atoms with Crippen LogP contribution in [-0.2, 0) is 9.59 Å². The van der Waals surface area contributed by atoms with Crippen molar-refractivity contribution in [2.45, 2.75) is 64.7 Å². The lowest BCUT2D eigenvalue weighted by Gasteiger charge is -1.97. The van der Waals surface area contributed by atoms with Crippen molar-refractivity contribution in [1.82, 2.24) is 0 Å². The molecule has 0 saturated heterocycles. The highest BCUT2D eigenvalue weighted by Gasteiger charge is 1.99. The monoisotopic (exact) mass is 334 g/mol. The Morgan fingerprint density at radius 2 is 1.58 bits per heavy atom. The molecule has 0 rings (SSSR count). The predicted molar refractivity (Wildman–Crippen MR) is 98.0 cm³/mol. The van der Waals surface area contributed by atoms with Crippen LogP contribution in [-0.4, -0.2) is 22.0 Å². The molecule has 0 aliphatic carbocycles. The summed E-state index contributed by atoms with van der Waals surface area (Å²) in [7, 11) is 0. The van der Waals surface area contributed by atoms with Gasteiger partial charge in [-0.05, 0) is 37.8 Å². The van der Waals surface area contributed by atoms with Crippen LogP contribution in [0.1, 0.15) is 64.7 Å². The van der Waals surface area contributed by atoms with Crippen LogP contribution in [0.15, 0.2) is 48.3 Å². The molecule has 0 spiro atoms. The summed E-state index contributed by atoms with van der Waals surface area (Å²) in [6.07, 6.45) is 19.0. The number of aliphatic carboxylic acids is 1. The fourth-order valence-electron chi connectivity index (χ4n) is 1.95. The minimum Gasteiger partial charge on any atom is -0.513 e. The molecule has 0 aliphatic heterocycles. The molecule has 0 unspecified atom stereocenters. The maximum Gasteiger partial charge on any atom is 0.303 e. The molecule has 0 bridgehead atoms. The average Bonchev–Trinajstić information content (AvgIpc) is 2.53. The zero-order chi connectivity index (χ0) is 18.0. The second-order valence-corrected chi connectivity index (χ2v) is 5.60. The summed E-state index contributed by atoms with van der Waals surface area (Å²) >= 11 is 0. The van der Waals surface area contributed by atoms with E-state index in [0.717, 1.165) is 38.5 Å². The molecule has 2 N–H and O–H groups in total. The van der Waals surface area contributed by atoms with E-state index in [2.05, 4.69) is 6.92 Å². The number of ketones is 1. The van der Waals surface area contributed by atoms with Crippen molar-refractivity contribution in [3.05, 3.63) is 48.3 Å². The van der Waals surface area contributed by atoms with Gasteiger partial charge in [-0.15, -0.1) is 0 Å². The summed E-state index contributed by atoms with van der Waals surface area (Å²) in [6.45, 7) is 2.14. The van der Waals surface area contributed by atoms with E-state index in [0.29, 0.717) is 12.2 Å². The lowest BCUT2D eigenvalue weighted by atomic mass is 10.1. The van der Waals surface area contributed by atoms with Crippen LogP contribution in [0.4, 0.5) is 0 Å². The molecule has 4 nitrogen and oxygen atoms in total. The maximum atomic E-state index is 11.4. The molecular formula is C20H30O4. The standard InChI is InChI=1S/C20H30O4/c1-2-3-9-13-18(21)14-10-7-5-4-6-8-11-15-19(22)16-12-17-20(23)24/h5-8,11,14-15,21H,2-4,9-10,12-13,16-17H2,1H3,(H,23,24)/b7-5+,8-6+,15-11+,18-14-. The minimum absolute atomic E-state index is 0.0306. The first-order valence-corrected chi connectivity index (χ1v) is 8.67. The lowest BCUT2D eigenvalue weighted by molar-refractivity contribution is -0.137. The van der Waals surface area contributed by atoms with Crippen molar-refractivity contribution < 1.29 is 19.8 Å². The molecule has 0 heterocycles. The summed E-state index contributed by atoms with van der Waals surface area (Å²) in [4.78, 5) is 21.7. The molecule has 0 aromatic rings. The number of rotatable bonds is 14. The van der Waals surface area contributed by atoms with E-state index in [9.17, 15) is 14.7 Å². The number of carbonyl (C=O) groups is 2. The van der Waals surface area contributed by atoms with Crippen molar-refractivity contribution in [1.29, 1.82) is 0 Å². The van der Waals surface area contributed by atoms with Gasteiger partial charge in [0, 0.05) is 19.3 Å². The van der Waals surface area contributed by atoms with E-state index in [1.165, 1.54) is 6.08 Å². The van der Waals surface area contributed by atoms with Crippen molar-refractivity contribution in [3.8, 4) is 0 Å². The highest BCUT2D eigenvalue weighted by atomic mass is 16.4. The van der Waals surface area contributed by atoms with Gasteiger partial charge in [0.15, 0.2) is 5.78 Å². The van der Waals surface area contributed by atoms with Gasteiger partial charge >= 0.3 is 5.97 Å². The number of aliphatic hydroxyl groups excluding tert-OH is 1. The van der Waals surface area contributed by atoms with Crippen LogP contribution in [0.2, 0.25) is 0 Å². The third-order valence-corrected chi connectivity index (χ3v) is 3.31. The van der Waals surface area contributed by atoms with E-state index in [1.807, 2.05) is 24.3 Å². The van der Waals surface area contributed by atoms with E-state index in [4.69, 9.17) is 5.11 Å². The fraction of sp³-hybridized carbons (Fsp3) is 0.500. The third-order valence-electron chi connectivity index (χ3n) is 3.31. The molecule has 0 radical (unpaired) electrons. The highest BCUT2D eigenvalue weighted by Crippen LogP contribution is 2.07. The SMILES string of the molecule is CCCCC/C(O)=C/C/C=C/C/C=C/C=C/C(=O)CCCC(=O)O. The van der Waals surface area contributed by atoms with E-state index in [-0.39, 0.29) is 18.6 Å². The zero-order valence-electron chi connectivity index (χ0n) is 14.6. The molecule has 0 saturated carbocycles. The molecule has 24 heavy (non-hydrogen) atoms. The van der Waals surface area contributed by atoms with Gasteiger partial charge in [-0.1, -0.05) is 50.1 Å². The van der Waals surface area contributed by atoms with Crippen molar-refractivity contribution in [2.24, 2.45) is 0 Å². The number of aliphatic hydroxyl groups is 1. The number of hydrogen-bond acceptors (Lipinski definition) is 3. The summed E-state index contributed by atoms with van der Waals surface area (Å²) in [5, 5.41) is 18.1. The van der Waals surface area contributed by atoms with Crippen molar-refractivity contribution >= 4 is 11.8 Å². The Morgan fingerprint density at radius 1 is 0.833 bits per heavy atom. The van der Waals surface area contributed by atoms with Crippen molar-refractivity contribution in [3.63, 3.8) is 0 Å². The molecule has 0 aliphatic rings. The Labute approximate surface area is 145 Å². The molecular weight excluding hydrogens is 304 g/mol. The molecule has 0 aromatic carbocycles. The topological polar surface area (TPSA) is 74.6 Å². The van der Waals surface area contributed by atoms with Gasteiger partial charge in [0.05, 0.1) is 5.76 Å². The van der Waals surface area contributed by atoms with Crippen LogP contribution in [0, 0.1) is 0 Å². The second-order valence-electron chi connectivity index (χ2n) is 5.60. The quantitative estimate of drug-likeness (QED) is 0.149. The first kappa shape index (κ1) is 21.9. The summed E-state index contributed by atoms with van der Waals surface area (Å²) in [6, 6.07) is 0. The van der Waals surface area contributed by atoms with Gasteiger partial charge in [0.1, 0.15) is 0 Å². The van der Waals surface area contributed by atoms with Crippen molar-refractivity contribution in [2.75, 3.05) is 0 Å². The average molecular weight is 334 g/mol. The Bertz CT molecular complexity index is 470. The van der Waals surface area contributed by atoms with Crippen LogP contribution < -0.4 is 0 Å². The Balaban J connectivity index is 3.76. The summed E-state index contributed by atoms with van der Waals surface area (Å²) in [5.74, 6) is -0.462. The highest BCUT2D eigenvalue weighted by molar-refractivity contribution is 5.90. The first-order chi connectivity index (χ1) is 11.6. The Hall–Kier alpha value is -2.10. The second kappa shape index (κ2) is 15.8. The first-order valence-electron chi connectivity index (χ1n) is 8.67. The summed E-state index contributed by atoms with van der Waals surface area (Å²) in [5.41, 5.74) is 0. The number of unbranched alkanes of at least 4 members (excludes halogenated alkanes) is 2. The van der Waals surface area contributed by atoms with Crippen LogP contribution in [0.3, 0.4) is 0 Å². The van der Waals surface area contributed by atoms with Gasteiger partial charge < -0.3 is 10.2 Å². The van der Waals surface area contributed by atoms with Crippen LogP contribution >= 0.6 is 0 Å². The number of allylic oxidation sites excluding steroid dienone is 8. The largest absolute Gasteiger partial charge is 0.513 e. The third kappa shape index (κ3) is 16.3. The molecule has 0 atom stereocenters. The predicted octanol–water partition coefficient (Wildman–Crippen LogP) is 5.28. The van der Waals surface area contributed by atoms with Gasteiger partial charge in [-0.25, -0.2) is 0 Å². The molecule has 0 fully saturated rings. The zero-order valence-corrected chi connectivity index (χ0v) is 14.6. The fourth-order valence-corrected chi connectivity index (χ4v) is 1.95. The van der Waals surface area contributed by atoms with Crippen LogP contribution in [0.25, 0.3) is 0 Å². The van der Waals surface area contributed by atoms with Crippen LogP contribution in [0.5, 0.6) is 0 Å². The molecule has 134 valence electrons.